The van der Waals surface area contributed by atoms with E-state index in [4.69, 9.17) is 10.5 Å². The maximum Gasteiger partial charge on any atom is 0.346 e. The summed E-state index contributed by atoms with van der Waals surface area (Å²) in [6.45, 7) is 0. The van der Waals surface area contributed by atoms with Crippen LogP contribution in [0.5, 0.6) is 0 Å². The summed E-state index contributed by atoms with van der Waals surface area (Å²) in [5.41, 5.74) is -4.06. The molecule has 0 bridgehead atoms. The number of nitro groups is 1. The minimum Gasteiger partial charge on any atom is -0.258 e. The van der Waals surface area contributed by atoms with E-state index >= 15 is 0 Å². The molecular formula is C12H2F4N4O2S. The number of halogens is 4. The van der Waals surface area contributed by atoms with Gasteiger partial charge >= 0.3 is 5.69 Å². The fourth-order valence-corrected chi connectivity index (χ4v) is 2.63. The second-order valence-electron chi connectivity index (χ2n) is 3.99. The molecule has 2 rings (SSSR count). The van der Waals surface area contributed by atoms with Gasteiger partial charge in [0.2, 0.25) is 11.6 Å². The maximum absolute atomic E-state index is 13.9. The third kappa shape index (κ3) is 2.62. The zero-order valence-corrected chi connectivity index (χ0v) is 11.5. The van der Waals surface area contributed by atoms with Gasteiger partial charge < -0.3 is 0 Å². The van der Waals surface area contributed by atoms with E-state index in [0.717, 1.165) is 11.8 Å². The number of thioether (sulfide) groups is 1. The number of hydrogen-bond acceptors (Lipinski definition) is 6. The molecule has 0 unspecified atom stereocenters. The Balaban J connectivity index is 2.71. The van der Waals surface area contributed by atoms with Crippen LogP contribution in [0.4, 0.5) is 23.2 Å². The third-order valence-electron chi connectivity index (χ3n) is 2.73. The Morgan fingerprint density at radius 3 is 2.09 bits per heavy atom. The highest BCUT2D eigenvalue weighted by molar-refractivity contribution is 8.04. The quantitative estimate of drug-likeness (QED) is 0.270. The molecule has 116 valence electrons. The first-order chi connectivity index (χ1) is 10.8. The van der Waals surface area contributed by atoms with Crippen molar-refractivity contribution >= 4 is 23.2 Å². The van der Waals surface area contributed by atoms with Crippen LogP contribution in [0.3, 0.4) is 0 Å². The highest BCUT2D eigenvalue weighted by Gasteiger charge is 2.35. The summed E-state index contributed by atoms with van der Waals surface area (Å²) in [5, 5.41) is 27.7. The number of benzene rings is 1. The number of allylic oxidation sites excluding steroid dienone is 1. The van der Waals surface area contributed by atoms with Crippen LogP contribution in [0.25, 0.3) is 0 Å². The summed E-state index contributed by atoms with van der Waals surface area (Å²) >= 11 is 0.761. The van der Waals surface area contributed by atoms with Gasteiger partial charge in [0.05, 0.1) is 16.2 Å². The first kappa shape index (κ1) is 16.5. The molecule has 0 aromatic heterocycles. The lowest BCUT2D eigenvalue weighted by Gasteiger charge is -2.06. The van der Waals surface area contributed by atoms with Gasteiger partial charge in [0, 0.05) is 5.75 Å². The third-order valence-corrected chi connectivity index (χ3v) is 3.72. The van der Waals surface area contributed by atoms with Crippen molar-refractivity contribution in [1.29, 1.82) is 10.5 Å². The van der Waals surface area contributed by atoms with E-state index in [9.17, 15) is 27.7 Å². The molecule has 1 heterocycles. The first-order valence-corrected chi connectivity index (χ1v) is 6.57. The molecular weight excluding hydrogens is 340 g/mol. The Morgan fingerprint density at radius 2 is 1.65 bits per heavy atom. The van der Waals surface area contributed by atoms with E-state index in [2.05, 4.69) is 4.99 Å². The average Bonchev–Trinajstić information content (AvgIpc) is 2.96. The monoisotopic (exact) mass is 342 g/mol. The van der Waals surface area contributed by atoms with Crippen molar-refractivity contribution in [2.75, 3.05) is 5.75 Å². The minimum atomic E-state index is -2.16. The van der Waals surface area contributed by atoms with Crippen molar-refractivity contribution in [2.24, 2.45) is 4.99 Å². The lowest BCUT2D eigenvalue weighted by molar-refractivity contribution is -0.390. The number of hydrogen-bond donors (Lipinski definition) is 0. The molecule has 23 heavy (non-hydrogen) atoms. The predicted molar refractivity (Wildman–Crippen MR) is 70.2 cm³/mol. The first-order valence-electron chi connectivity index (χ1n) is 5.59. The summed E-state index contributed by atoms with van der Waals surface area (Å²) < 4.78 is 55.0. The number of nitro benzene ring substituents is 1. The van der Waals surface area contributed by atoms with Gasteiger partial charge in [-0.15, -0.1) is 0 Å². The molecule has 0 fully saturated rings. The molecule has 1 aromatic carbocycles. The van der Waals surface area contributed by atoms with Gasteiger partial charge in [-0.05, 0) is 0 Å². The van der Waals surface area contributed by atoms with Gasteiger partial charge in [-0.2, -0.15) is 19.3 Å². The highest BCUT2D eigenvalue weighted by atomic mass is 32.2. The van der Waals surface area contributed by atoms with Gasteiger partial charge in [0.1, 0.15) is 17.2 Å². The zero-order valence-electron chi connectivity index (χ0n) is 10.7. The van der Waals surface area contributed by atoms with Gasteiger partial charge in [-0.1, -0.05) is 11.8 Å². The van der Waals surface area contributed by atoms with Gasteiger partial charge in [0.25, 0.3) is 0 Å². The van der Waals surface area contributed by atoms with Crippen LogP contribution < -0.4 is 0 Å². The van der Waals surface area contributed by atoms with E-state index in [1.807, 2.05) is 0 Å². The molecule has 0 saturated heterocycles. The summed E-state index contributed by atoms with van der Waals surface area (Å²) in [7, 11) is 0. The second-order valence-corrected chi connectivity index (χ2v) is 4.95. The van der Waals surface area contributed by atoms with Gasteiger partial charge in [0.15, 0.2) is 17.2 Å². The molecule has 0 amide bonds. The van der Waals surface area contributed by atoms with Crippen LogP contribution in [0.1, 0.15) is 5.56 Å². The van der Waals surface area contributed by atoms with Crippen LogP contribution in [0.15, 0.2) is 15.6 Å². The Bertz CT molecular complexity index is 838. The number of aliphatic imine (C=N–C) groups is 1. The lowest BCUT2D eigenvalue weighted by atomic mass is 10.1. The molecule has 0 N–H and O–H groups in total. The van der Waals surface area contributed by atoms with Crippen LogP contribution >= 0.6 is 11.8 Å². The van der Waals surface area contributed by atoms with Crippen LogP contribution in [0.2, 0.25) is 0 Å². The Hall–Kier alpha value is -2.92. The van der Waals surface area contributed by atoms with Gasteiger partial charge in [-0.3, -0.25) is 10.1 Å². The van der Waals surface area contributed by atoms with Crippen molar-refractivity contribution in [3.63, 3.8) is 0 Å². The molecule has 0 radical (unpaired) electrons. The van der Waals surface area contributed by atoms with Crippen molar-refractivity contribution in [3.05, 3.63) is 49.5 Å². The van der Waals surface area contributed by atoms with Crippen LogP contribution in [0, 0.1) is 56.0 Å². The topological polar surface area (TPSA) is 103 Å². The smallest absolute Gasteiger partial charge is 0.258 e. The lowest BCUT2D eigenvalue weighted by Crippen LogP contribution is -2.13. The van der Waals surface area contributed by atoms with E-state index in [1.165, 1.54) is 12.1 Å². The Kier molecular flexibility index (Phi) is 4.33. The summed E-state index contributed by atoms with van der Waals surface area (Å²) in [6, 6.07) is 3.01. The Morgan fingerprint density at radius 1 is 1.13 bits per heavy atom. The van der Waals surface area contributed by atoms with E-state index in [0.29, 0.717) is 0 Å². The van der Waals surface area contributed by atoms with E-state index < -0.39 is 50.7 Å². The standard InChI is InChI=1S/C12H2F4N4O2S/c13-7-6(5-3-23-12(19-5)4(1-17)2-18)8(14)10(16)11(9(7)15)20(21)22/h3H2. The predicted octanol–water partition coefficient (Wildman–Crippen LogP) is 2.95. The summed E-state index contributed by atoms with van der Waals surface area (Å²) in [4.78, 5) is 12.5. The molecule has 6 nitrogen and oxygen atoms in total. The van der Waals surface area contributed by atoms with Crippen LogP contribution in [-0.4, -0.2) is 16.4 Å². The number of nitriles is 2. The Labute approximate surface area is 129 Å². The number of rotatable bonds is 2. The van der Waals surface area contributed by atoms with Crippen LogP contribution in [-0.2, 0) is 0 Å². The molecule has 1 aliphatic rings. The summed E-state index contributed by atoms with van der Waals surface area (Å²) in [5.74, 6) is -8.52. The largest absolute Gasteiger partial charge is 0.346 e. The zero-order chi connectivity index (χ0) is 17.3. The van der Waals surface area contributed by atoms with Crippen molar-refractivity contribution in [3.8, 4) is 12.1 Å². The summed E-state index contributed by atoms with van der Waals surface area (Å²) in [6.07, 6.45) is 0. The van der Waals surface area contributed by atoms with Gasteiger partial charge in [-0.25, -0.2) is 13.8 Å². The van der Waals surface area contributed by atoms with Crippen molar-refractivity contribution in [1.82, 2.24) is 0 Å². The molecule has 1 aromatic rings. The van der Waals surface area contributed by atoms with Crippen molar-refractivity contribution < 1.29 is 22.5 Å². The average molecular weight is 342 g/mol. The second kappa shape index (κ2) is 6.06. The molecule has 0 saturated carbocycles. The molecule has 0 aliphatic carbocycles. The highest BCUT2D eigenvalue weighted by Crippen LogP contribution is 2.35. The minimum absolute atomic E-state index is 0.164. The number of nitrogens with zero attached hydrogens (tertiary/aromatic N) is 4. The molecule has 0 atom stereocenters. The van der Waals surface area contributed by atoms with E-state index in [-0.39, 0.29) is 10.8 Å². The molecule has 1 aliphatic heterocycles. The fraction of sp³-hybridized carbons (Fsp3) is 0.0833. The fourth-order valence-electron chi connectivity index (χ4n) is 1.73. The van der Waals surface area contributed by atoms with E-state index in [1.54, 1.807) is 0 Å². The normalized spacial score (nSPS) is 13.3. The molecule has 0 spiro atoms. The SMILES string of the molecule is N#CC(C#N)=C1N=C(c2c(F)c(F)c([N+](=O)[O-])c(F)c2F)CS1. The van der Waals surface area contributed by atoms with Crippen molar-refractivity contribution in [2.45, 2.75) is 0 Å². The molecule has 11 heteroatoms. The maximum atomic E-state index is 13.9.